The lowest BCUT2D eigenvalue weighted by atomic mass is 9.76. The van der Waals surface area contributed by atoms with Gasteiger partial charge < -0.3 is 0 Å². The van der Waals surface area contributed by atoms with Crippen LogP contribution in [0.5, 0.6) is 0 Å². The summed E-state index contributed by atoms with van der Waals surface area (Å²) >= 11 is 0. The molecule has 1 aromatic carbocycles. The molecule has 3 rings (SSSR count). The second-order valence-corrected chi connectivity index (χ2v) is 6.45. The summed E-state index contributed by atoms with van der Waals surface area (Å²) in [5.74, 6) is 0.855. The Kier molecular flexibility index (Phi) is 4.21. The Morgan fingerprint density at radius 2 is 1.95 bits per heavy atom. The summed E-state index contributed by atoms with van der Waals surface area (Å²) in [4.78, 5) is 14.8. The van der Waals surface area contributed by atoms with Crippen LogP contribution in [0.15, 0.2) is 30.3 Å². The van der Waals surface area contributed by atoms with Crippen LogP contribution in [0.3, 0.4) is 0 Å². The molecule has 0 radical (unpaired) electrons. The average molecular weight is 271 g/mol. The Morgan fingerprint density at radius 3 is 2.75 bits per heavy atom. The van der Waals surface area contributed by atoms with Crippen molar-refractivity contribution in [1.29, 1.82) is 0 Å². The fourth-order valence-corrected chi connectivity index (χ4v) is 4.09. The number of fused-ring (bicyclic) bond motifs is 1. The first-order valence-electron chi connectivity index (χ1n) is 8.08. The minimum Gasteiger partial charge on any atom is -0.299 e. The van der Waals surface area contributed by atoms with Crippen LogP contribution in [-0.4, -0.2) is 29.3 Å². The van der Waals surface area contributed by atoms with Gasteiger partial charge in [0.25, 0.3) is 0 Å². The number of ketones is 1. The van der Waals surface area contributed by atoms with Gasteiger partial charge in [-0.2, -0.15) is 0 Å². The lowest BCUT2D eigenvalue weighted by Gasteiger charge is -2.46. The van der Waals surface area contributed by atoms with Gasteiger partial charge >= 0.3 is 0 Å². The van der Waals surface area contributed by atoms with Gasteiger partial charge in [0.05, 0.1) is 0 Å². The molecule has 0 amide bonds. The second kappa shape index (κ2) is 6.09. The molecule has 0 spiro atoms. The quantitative estimate of drug-likeness (QED) is 0.839. The van der Waals surface area contributed by atoms with Gasteiger partial charge in [-0.05, 0) is 31.7 Å². The second-order valence-electron chi connectivity index (χ2n) is 6.45. The van der Waals surface area contributed by atoms with E-state index in [-0.39, 0.29) is 0 Å². The molecule has 3 unspecified atom stereocenters. The maximum absolute atomic E-state index is 12.1. The normalized spacial score (nSPS) is 28.9. The fourth-order valence-electron chi connectivity index (χ4n) is 4.09. The van der Waals surface area contributed by atoms with Crippen molar-refractivity contribution in [2.75, 3.05) is 6.54 Å². The third kappa shape index (κ3) is 2.80. The molecule has 1 saturated heterocycles. The summed E-state index contributed by atoms with van der Waals surface area (Å²) in [6.07, 6.45) is 6.74. The van der Waals surface area contributed by atoms with Gasteiger partial charge in [0, 0.05) is 31.0 Å². The van der Waals surface area contributed by atoms with Crippen LogP contribution in [0.2, 0.25) is 0 Å². The molecule has 108 valence electrons. The number of carbonyl (C=O) groups excluding carboxylic acids is 1. The Bertz CT molecular complexity index is 456. The van der Waals surface area contributed by atoms with Crippen molar-refractivity contribution < 1.29 is 4.79 Å². The maximum atomic E-state index is 12.1. The van der Waals surface area contributed by atoms with E-state index in [0.717, 1.165) is 25.8 Å². The van der Waals surface area contributed by atoms with Gasteiger partial charge in [-0.15, -0.1) is 0 Å². The van der Waals surface area contributed by atoms with Gasteiger partial charge in [0.2, 0.25) is 0 Å². The molecule has 1 aliphatic heterocycles. The third-order valence-corrected chi connectivity index (χ3v) is 5.13. The minimum absolute atomic E-state index is 0.329. The molecule has 1 aliphatic carbocycles. The first-order valence-corrected chi connectivity index (χ1v) is 8.08. The summed E-state index contributed by atoms with van der Waals surface area (Å²) in [5, 5.41) is 0. The summed E-state index contributed by atoms with van der Waals surface area (Å²) in [5.41, 5.74) is 1.41. The zero-order chi connectivity index (χ0) is 13.9. The number of nitrogens with zero attached hydrogens (tertiary/aromatic N) is 1. The fraction of sp³-hybridized carbons (Fsp3) is 0.611. The molecule has 1 saturated carbocycles. The molecule has 1 aromatic rings. The monoisotopic (exact) mass is 271 g/mol. The van der Waals surface area contributed by atoms with E-state index in [1.165, 1.54) is 24.8 Å². The van der Waals surface area contributed by atoms with Crippen LogP contribution in [0.1, 0.15) is 44.6 Å². The third-order valence-electron chi connectivity index (χ3n) is 5.13. The lowest BCUT2D eigenvalue weighted by molar-refractivity contribution is -0.131. The number of hydrogen-bond donors (Lipinski definition) is 0. The lowest BCUT2D eigenvalue weighted by Crippen LogP contribution is -2.54. The van der Waals surface area contributed by atoms with Crippen molar-refractivity contribution in [3.63, 3.8) is 0 Å². The largest absolute Gasteiger partial charge is 0.299 e. The molecule has 2 heteroatoms. The highest BCUT2D eigenvalue weighted by Crippen LogP contribution is 2.34. The van der Waals surface area contributed by atoms with Gasteiger partial charge in [-0.1, -0.05) is 43.2 Å². The molecule has 0 bridgehead atoms. The first-order chi connectivity index (χ1) is 9.75. The highest BCUT2D eigenvalue weighted by atomic mass is 16.1. The van der Waals surface area contributed by atoms with E-state index < -0.39 is 0 Å². The number of Topliss-reactive ketones (excluding diaryl/α,β-unsaturated/α-hetero) is 1. The summed E-state index contributed by atoms with van der Waals surface area (Å²) < 4.78 is 0. The number of hydrogen-bond acceptors (Lipinski definition) is 2. The zero-order valence-corrected chi connectivity index (χ0v) is 12.4. The van der Waals surface area contributed by atoms with E-state index in [9.17, 15) is 4.79 Å². The van der Waals surface area contributed by atoms with Crippen LogP contribution in [0.25, 0.3) is 0 Å². The SMILES string of the molecule is CC(Cc1ccccc1)N1CCC(=O)C2CCCCC21. The van der Waals surface area contributed by atoms with Gasteiger partial charge in [-0.3, -0.25) is 9.69 Å². The predicted molar refractivity (Wildman–Crippen MR) is 81.7 cm³/mol. The van der Waals surface area contributed by atoms with Crippen molar-refractivity contribution in [2.24, 2.45) is 5.92 Å². The Hall–Kier alpha value is -1.15. The van der Waals surface area contributed by atoms with E-state index in [1.54, 1.807) is 0 Å². The summed E-state index contributed by atoms with van der Waals surface area (Å²) in [6, 6.07) is 11.8. The molecular weight excluding hydrogens is 246 g/mol. The van der Waals surface area contributed by atoms with E-state index in [0.29, 0.717) is 23.8 Å². The van der Waals surface area contributed by atoms with Gasteiger partial charge in [-0.25, -0.2) is 0 Å². The maximum Gasteiger partial charge on any atom is 0.138 e. The molecular formula is C18H25NO. The molecule has 1 heterocycles. The highest BCUT2D eigenvalue weighted by Gasteiger charge is 2.39. The average Bonchev–Trinajstić information content (AvgIpc) is 2.49. The van der Waals surface area contributed by atoms with Crippen LogP contribution in [-0.2, 0) is 11.2 Å². The van der Waals surface area contributed by atoms with Crippen LogP contribution in [0.4, 0.5) is 0 Å². The topological polar surface area (TPSA) is 20.3 Å². The Balaban J connectivity index is 1.70. The van der Waals surface area contributed by atoms with Gasteiger partial charge in [0.1, 0.15) is 5.78 Å². The van der Waals surface area contributed by atoms with Crippen molar-refractivity contribution in [1.82, 2.24) is 4.90 Å². The molecule has 2 nitrogen and oxygen atoms in total. The molecule has 20 heavy (non-hydrogen) atoms. The molecule has 0 aromatic heterocycles. The predicted octanol–water partition coefficient (Wildman–Crippen LogP) is 3.45. The van der Waals surface area contributed by atoms with Crippen LogP contribution < -0.4 is 0 Å². The summed E-state index contributed by atoms with van der Waals surface area (Å²) in [7, 11) is 0. The first kappa shape index (κ1) is 13.8. The van der Waals surface area contributed by atoms with Crippen molar-refractivity contribution in [3.05, 3.63) is 35.9 Å². The molecule has 3 atom stereocenters. The minimum atomic E-state index is 0.329. The van der Waals surface area contributed by atoms with E-state index in [1.807, 2.05) is 0 Å². The molecule has 0 N–H and O–H groups in total. The van der Waals surface area contributed by atoms with Gasteiger partial charge in [0.15, 0.2) is 0 Å². The molecule has 2 fully saturated rings. The zero-order valence-electron chi connectivity index (χ0n) is 12.4. The summed E-state index contributed by atoms with van der Waals surface area (Å²) in [6.45, 7) is 3.29. The number of carbonyl (C=O) groups is 1. The van der Waals surface area contributed by atoms with Crippen molar-refractivity contribution in [3.8, 4) is 0 Å². The van der Waals surface area contributed by atoms with E-state index >= 15 is 0 Å². The smallest absolute Gasteiger partial charge is 0.138 e. The van der Waals surface area contributed by atoms with Crippen LogP contribution >= 0.6 is 0 Å². The van der Waals surface area contributed by atoms with Crippen molar-refractivity contribution in [2.45, 2.75) is 57.5 Å². The number of piperidine rings is 1. The van der Waals surface area contributed by atoms with E-state index in [2.05, 4.69) is 42.2 Å². The van der Waals surface area contributed by atoms with E-state index in [4.69, 9.17) is 0 Å². The Labute approximate surface area is 122 Å². The number of likely N-dealkylation sites (tertiary alicyclic amines) is 1. The Morgan fingerprint density at radius 1 is 1.20 bits per heavy atom. The highest BCUT2D eigenvalue weighted by molar-refractivity contribution is 5.82. The van der Waals surface area contributed by atoms with Crippen LogP contribution in [0, 0.1) is 5.92 Å². The number of benzene rings is 1. The van der Waals surface area contributed by atoms with Crippen molar-refractivity contribution >= 4 is 5.78 Å². The molecule has 2 aliphatic rings. The standard InChI is InChI=1S/C18H25NO/c1-14(13-15-7-3-2-4-8-15)19-12-11-18(20)16-9-5-6-10-17(16)19/h2-4,7-8,14,16-17H,5-6,9-13H2,1H3. The number of rotatable bonds is 3.